The number of hydrogen-bond donors (Lipinski definition) is 0. The largest absolute Gasteiger partial charge is 0.416 e. The second kappa shape index (κ2) is 4.33. The third-order valence-electron chi connectivity index (χ3n) is 3.01. The molecular formula is C14H10F3N3. The maximum atomic E-state index is 12.7. The first-order chi connectivity index (χ1) is 9.45. The number of fused-ring (bicyclic) bond motifs is 1. The normalized spacial score (nSPS) is 12.0. The van der Waals surface area contributed by atoms with Crippen molar-refractivity contribution in [3.8, 4) is 11.4 Å². The van der Waals surface area contributed by atoms with Gasteiger partial charge in [-0.25, -0.2) is 0 Å². The maximum absolute atomic E-state index is 12.7. The minimum atomic E-state index is -4.37. The topological polar surface area (TPSA) is 30.2 Å². The Morgan fingerprint density at radius 2 is 1.85 bits per heavy atom. The molecule has 0 aliphatic carbocycles. The second-order valence-corrected chi connectivity index (χ2v) is 4.53. The van der Waals surface area contributed by atoms with Gasteiger partial charge in [0.2, 0.25) is 0 Å². The molecule has 6 heteroatoms. The fraction of sp³-hybridized carbons (Fsp3) is 0.143. The smallest absolute Gasteiger partial charge is 0.282 e. The first-order valence-electron chi connectivity index (χ1n) is 5.94. The van der Waals surface area contributed by atoms with Gasteiger partial charge in [0.1, 0.15) is 0 Å². The number of rotatable bonds is 1. The highest BCUT2D eigenvalue weighted by Gasteiger charge is 2.30. The van der Waals surface area contributed by atoms with Crippen LogP contribution in [0.5, 0.6) is 0 Å². The van der Waals surface area contributed by atoms with E-state index in [1.165, 1.54) is 6.07 Å². The standard InChI is InChI=1S/C14H10F3N3/c1-9-5-6-20-12(7-9)18-19-13(20)10-3-2-4-11(8-10)14(15,16)17/h2-8H,1H3. The summed E-state index contributed by atoms with van der Waals surface area (Å²) in [5.41, 5.74) is 1.31. The van der Waals surface area contributed by atoms with E-state index in [4.69, 9.17) is 0 Å². The van der Waals surface area contributed by atoms with Crippen molar-refractivity contribution in [3.63, 3.8) is 0 Å². The lowest BCUT2D eigenvalue weighted by Gasteiger charge is -2.07. The van der Waals surface area contributed by atoms with Crippen LogP contribution in [0.25, 0.3) is 17.0 Å². The van der Waals surface area contributed by atoms with Crippen molar-refractivity contribution in [1.82, 2.24) is 14.6 Å². The summed E-state index contributed by atoms with van der Waals surface area (Å²) in [4.78, 5) is 0. The van der Waals surface area contributed by atoms with Gasteiger partial charge in [0.25, 0.3) is 0 Å². The van der Waals surface area contributed by atoms with Gasteiger partial charge in [0.05, 0.1) is 5.56 Å². The second-order valence-electron chi connectivity index (χ2n) is 4.53. The van der Waals surface area contributed by atoms with Gasteiger partial charge in [-0.1, -0.05) is 12.1 Å². The monoisotopic (exact) mass is 277 g/mol. The molecule has 0 aliphatic heterocycles. The number of pyridine rings is 1. The molecule has 102 valence electrons. The van der Waals surface area contributed by atoms with Crippen LogP contribution in [0.4, 0.5) is 13.2 Å². The molecule has 2 heterocycles. The molecule has 20 heavy (non-hydrogen) atoms. The van der Waals surface area contributed by atoms with E-state index in [-0.39, 0.29) is 0 Å². The van der Waals surface area contributed by atoms with E-state index < -0.39 is 11.7 Å². The van der Waals surface area contributed by atoms with Crippen molar-refractivity contribution < 1.29 is 13.2 Å². The van der Waals surface area contributed by atoms with Gasteiger partial charge in [-0.3, -0.25) is 4.40 Å². The summed E-state index contributed by atoms with van der Waals surface area (Å²) in [6, 6.07) is 8.75. The van der Waals surface area contributed by atoms with Crippen LogP contribution < -0.4 is 0 Å². The van der Waals surface area contributed by atoms with Gasteiger partial charge < -0.3 is 0 Å². The molecule has 0 saturated heterocycles. The Morgan fingerprint density at radius 3 is 2.60 bits per heavy atom. The third-order valence-corrected chi connectivity index (χ3v) is 3.01. The minimum absolute atomic E-state index is 0.385. The first-order valence-corrected chi connectivity index (χ1v) is 5.94. The average Bonchev–Trinajstić information content (AvgIpc) is 2.80. The van der Waals surface area contributed by atoms with Gasteiger partial charge in [-0.15, -0.1) is 10.2 Å². The molecule has 0 atom stereocenters. The predicted octanol–water partition coefficient (Wildman–Crippen LogP) is 3.72. The van der Waals surface area contributed by atoms with Gasteiger partial charge in [-0.05, 0) is 36.8 Å². The van der Waals surface area contributed by atoms with Crippen LogP contribution in [0.1, 0.15) is 11.1 Å². The summed E-state index contributed by atoms with van der Waals surface area (Å²) < 4.78 is 39.9. The summed E-state index contributed by atoms with van der Waals surface area (Å²) >= 11 is 0. The Bertz CT molecular complexity index is 775. The van der Waals surface area contributed by atoms with Crippen molar-refractivity contribution in [2.75, 3.05) is 0 Å². The average molecular weight is 277 g/mol. The molecular weight excluding hydrogens is 267 g/mol. The lowest BCUT2D eigenvalue weighted by atomic mass is 10.1. The Kier molecular flexibility index (Phi) is 2.74. The van der Waals surface area contributed by atoms with Gasteiger partial charge >= 0.3 is 6.18 Å². The first kappa shape index (κ1) is 12.7. The van der Waals surface area contributed by atoms with E-state index in [2.05, 4.69) is 10.2 Å². The van der Waals surface area contributed by atoms with E-state index >= 15 is 0 Å². The number of aromatic nitrogens is 3. The lowest BCUT2D eigenvalue weighted by Crippen LogP contribution is -2.04. The van der Waals surface area contributed by atoms with Crippen LogP contribution >= 0.6 is 0 Å². The zero-order valence-corrected chi connectivity index (χ0v) is 10.5. The van der Waals surface area contributed by atoms with Crippen LogP contribution in [0.2, 0.25) is 0 Å². The zero-order valence-electron chi connectivity index (χ0n) is 10.5. The highest BCUT2D eigenvalue weighted by atomic mass is 19.4. The molecule has 0 amide bonds. The molecule has 0 bridgehead atoms. The molecule has 3 rings (SSSR count). The van der Waals surface area contributed by atoms with Crippen LogP contribution in [-0.4, -0.2) is 14.6 Å². The van der Waals surface area contributed by atoms with E-state index in [0.29, 0.717) is 17.0 Å². The van der Waals surface area contributed by atoms with E-state index in [1.807, 2.05) is 19.1 Å². The third kappa shape index (κ3) is 2.13. The van der Waals surface area contributed by atoms with Crippen LogP contribution in [0, 0.1) is 6.92 Å². The Hall–Kier alpha value is -2.37. The van der Waals surface area contributed by atoms with Crippen molar-refractivity contribution >= 4 is 5.65 Å². The maximum Gasteiger partial charge on any atom is 0.416 e. The van der Waals surface area contributed by atoms with Crippen molar-refractivity contribution in [2.24, 2.45) is 0 Å². The quantitative estimate of drug-likeness (QED) is 0.678. The van der Waals surface area contributed by atoms with E-state index in [0.717, 1.165) is 17.7 Å². The minimum Gasteiger partial charge on any atom is -0.282 e. The fourth-order valence-corrected chi connectivity index (χ4v) is 2.02. The van der Waals surface area contributed by atoms with E-state index in [1.54, 1.807) is 16.7 Å². The molecule has 0 spiro atoms. The van der Waals surface area contributed by atoms with Crippen molar-refractivity contribution in [1.29, 1.82) is 0 Å². The summed E-state index contributed by atoms with van der Waals surface area (Å²) in [6.45, 7) is 1.92. The number of nitrogens with zero attached hydrogens (tertiary/aromatic N) is 3. The van der Waals surface area contributed by atoms with Crippen molar-refractivity contribution in [3.05, 3.63) is 53.7 Å². The molecule has 0 radical (unpaired) electrons. The van der Waals surface area contributed by atoms with Crippen LogP contribution in [0.3, 0.4) is 0 Å². The predicted molar refractivity (Wildman–Crippen MR) is 68.2 cm³/mol. The van der Waals surface area contributed by atoms with Gasteiger partial charge in [-0.2, -0.15) is 13.2 Å². The molecule has 0 saturated carbocycles. The molecule has 0 fully saturated rings. The van der Waals surface area contributed by atoms with Crippen molar-refractivity contribution in [2.45, 2.75) is 13.1 Å². The lowest BCUT2D eigenvalue weighted by molar-refractivity contribution is -0.137. The van der Waals surface area contributed by atoms with Gasteiger partial charge in [0, 0.05) is 11.8 Å². The van der Waals surface area contributed by atoms with Gasteiger partial charge in [0.15, 0.2) is 11.5 Å². The number of hydrogen-bond acceptors (Lipinski definition) is 2. The molecule has 1 aromatic carbocycles. The molecule has 0 aliphatic rings. The molecule has 0 unspecified atom stereocenters. The summed E-state index contributed by atoms with van der Waals surface area (Å²) in [5.74, 6) is 0.395. The number of aryl methyl sites for hydroxylation is 1. The van der Waals surface area contributed by atoms with E-state index in [9.17, 15) is 13.2 Å². The molecule has 3 aromatic rings. The Balaban J connectivity index is 2.16. The highest BCUT2D eigenvalue weighted by molar-refractivity contribution is 5.60. The number of benzene rings is 1. The summed E-state index contributed by atoms with van der Waals surface area (Å²) in [5, 5.41) is 7.95. The molecule has 0 N–H and O–H groups in total. The SMILES string of the molecule is Cc1ccn2c(-c3cccc(C(F)(F)F)c3)nnc2c1. The zero-order chi connectivity index (χ0) is 14.3. The summed E-state index contributed by atoms with van der Waals surface area (Å²) in [7, 11) is 0. The Morgan fingerprint density at radius 1 is 1.05 bits per heavy atom. The molecule has 3 nitrogen and oxygen atoms in total. The number of halogens is 3. The summed E-state index contributed by atoms with van der Waals surface area (Å²) in [6.07, 6.45) is -2.62. The Labute approximate surface area is 112 Å². The number of alkyl halides is 3. The highest BCUT2D eigenvalue weighted by Crippen LogP contribution is 2.31. The van der Waals surface area contributed by atoms with Crippen LogP contribution in [0.15, 0.2) is 42.6 Å². The molecule has 2 aromatic heterocycles. The van der Waals surface area contributed by atoms with Crippen LogP contribution in [-0.2, 0) is 6.18 Å². The fourth-order valence-electron chi connectivity index (χ4n) is 2.02.